The topological polar surface area (TPSA) is 6.48 Å². The van der Waals surface area contributed by atoms with Crippen molar-refractivity contribution in [3.05, 3.63) is 77.4 Å². The van der Waals surface area contributed by atoms with Gasteiger partial charge in [0.15, 0.2) is 0 Å². The first-order valence-electron chi connectivity index (χ1n) is 8.29. The van der Waals surface area contributed by atoms with E-state index in [4.69, 9.17) is 0 Å². The largest absolute Gasteiger partial charge is 0.378 e. The summed E-state index contributed by atoms with van der Waals surface area (Å²) in [7, 11) is 8.26. The molecule has 0 aliphatic carbocycles. The van der Waals surface area contributed by atoms with Gasteiger partial charge in [-0.05, 0) is 54.8 Å². The Balaban J connectivity index is 2.45. The zero-order valence-electron chi connectivity index (χ0n) is 15.7. The number of allylic oxidation sites excluding steroid dienone is 3. The lowest BCUT2D eigenvalue weighted by atomic mass is 9.96. The molecule has 2 rings (SSSR count). The third-order valence-corrected chi connectivity index (χ3v) is 3.97. The average molecular weight is 320 g/mol. The highest BCUT2D eigenvalue weighted by atomic mass is 15.1. The summed E-state index contributed by atoms with van der Waals surface area (Å²) in [6, 6.07) is 17.4. The second kappa shape index (κ2) is 7.87. The molecule has 0 radical (unpaired) electrons. The Morgan fingerprint density at radius 3 is 1.29 bits per heavy atom. The van der Waals surface area contributed by atoms with Crippen molar-refractivity contribution in [2.24, 2.45) is 0 Å². The van der Waals surface area contributed by atoms with Gasteiger partial charge in [0.2, 0.25) is 0 Å². The minimum absolute atomic E-state index is 1.21. The van der Waals surface area contributed by atoms with Crippen molar-refractivity contribution in [2.75, 3.05) is 38.0 Å². The number of nitrogens with zero attached hydrogens (tertiary/aromatic N) is 2. The minimum atomic E-state index is 1.21. The summed E-state index contributed by atoms with van der Waals surface area (Å²) in [5.41, 5.74) is 7.42. The van der Waals surface area contributed by atoms with Crippen molar-refractivity contribution < 1.29 is 0 Å². The maximum absolute atomic E-state index is 2.21. The highest BCUT2D eigenvalue weighted by Gasteiger charge is 2.06. The van der Waals surface area contributed by atoms with Crippen LogP contribution < -0.4 is 9.80 Å². The van der Waals surface area contributed by atoms with E-state index in [1.807, 2.05) is 0 Å². The molecule has 0 fully saturated rings. The lowest BCUT2D eigenvalue weighted by Gasteiger charge is -2.16. The van der Waals surface area contributed by atoms with Gasteiger partial charge in [-0.2, -0.15) is 0 Å². The maximum Gasteiger partial charge on any atom is 0.0361 e. The maximum atomic E-state index is 2.21. The standard InChI is InChI=1S/C22H28N2/c1-17(2)7-16-22(18-8-12-20(13-9-18)23(3)4)19-10-14-21(15-11-19)24(5)6/h7-16H,1-6H3. The lowest BCUT2D eigenvalue weighted by molar-refractivity contribution is 1.13. The summed E-state index contributed by atoms with van der Waals surface area (Å²) in [6.07, 6.45) is 4.39. The van der Waals surface area contributed by atoms with E-state index in [0.717, 1.165) is 0 Å². The number of benzene rings is 2. The summed E-state index contributed by atoms with van der Waals surface area (Å²) in [4.78, 5) is 4.24. The fourth-order valence-electron chi connectivity index (χ4n) is 2.49. The molecule has 0 heterocycles. The molecule has 2 aromatic rings. The van der Waals surface area contributed by atoms with Crippen LogP contribution in [0.3, 0.4) is 0 Å². The summed E-state index contributed by atoms with van der Waals surface area (Å²) in [5.74, 6) is 0. The van der Waals surface area contributed by atoms with Gasteiger partial charge in [0.1, 0.15) is 0 Å². The molecule has 0 atom stereocenters. The molecule has 0 saturated heterocycles. The molecular formula is C22H28N2. The molecule has 2 aromatic carbocycles. The highest BCUT2D eigenvalue weighted by Crippen LogP contribution is 2.27. The molecule has 0 aliphatic rings. The van der Waals surface area contributed by atoms with E-state index < -0.39 is 0 Å². The first kappa shape index (κ1) is 17.9. The molecule has 0 aromatic heterocycles. The van der Waals surface area contributed by atoms with Crippen LogP contribution in [0.4, 0.5) is 11.4 Å². The molecule has 24 heavy (non-hydrogen) atoms. The molecule has 0 unspecified atom stereocenters. The molecule has 126 valence electrons. The molecule has 0 bridgehead atoms. The third kappa shape index (κ3) is 4.51. The molecule has 0 aliphatic heterocycles. The fourth-order valence-corrected chi connectivity index (χ4v) is 2.49. The van der Waals surface area contributed by atoms with Crippen LogP contribution in [0.2, 0.25) is 0 Å². The van der Waals surface area contributed by atoms with Crippen LogP contribution in [0.25, 0.3) is 5.57 Å². The van der Waals surface area contributed by atoms with Crippen LogP contribution in [-0.4, -0.2) is 28.2 Å². The van der Waals surface area contributed by atoms with E-state index in [1.165, 1.54) is 33.6 Å². The van der Waals surface area contributed by atoms with Crippen LogP contribution in [-0.2, 0) is 0 Å². The van der Waals surface area contributed by atoms with Gasteiger partial charge in [0, 0.05) is 39.6 Å². The van der Waals surface area contributed by atoms with Crippen molar-refractivity contribution in [1.29, 1.82) is 0 Å². The third-order valence-electron chi connectivity index (χ3n) is 3.97. The van der Waals surface area contributed by atoms with Crippen LogP contribution in [0.5, 0.6) is 0 Å². The number of rotatable bonds is 5. The van der Waals surface area contributed by atoms with E-state index >= 15 is 0 Å². The van der Waals surface area contributed by atoms with Crippen LogP contribution in [0.15, 0.2) is 66.3 Å². The molecule has 0 saturated carbocycles. The Labute approximate surface area is 146 Å². The van der Waals surface area contributed by atoms with Crippen molar-refractivity contribution >= 4 is 16.9 Å². The predicted octanol–water partition coefficient (Wildman–Crippen LogP) is 5.22. The first-order chi connectivity index (χ1) is 11.4. The van der Waals surface area contributed by atoms with Crippen LogP contribution in [0, 0.1) is 0 Å². The second-order valence-electron chi connectivity index (χ2n) is 6.71. The van der Waals surface area contributed by atoms with E-state index in [9.17, 15) is 0 Å². The van der Waals surface area contributed by atoms with E-state index in [0.29, 0.717) is 0 Å². The van der Waals surface area contributed by atoms with Gasteiger partial charge in [-0.1, -0.05) is 42.0 Å². The number of hydrogen-bond acceptors (Lipinski definition) is 2. The number of hydrogen-bond donors (Lipinski definition) is 0. The van der Waals surface area contributed by atoms with Gasteiger partial charge in [0.05, 0.1) is 0 Å². The SMILES string of the molecule is CC(C)=CC=C(c1ccc(N(C)C)cc1)c1ccc(N(C)C)cc1. The second-order valence-corrected chi connectivity index (χ2v) is 6.71. The summed E-state index contributed by atoms with van der Waals surface area (Å²) >= 11 is 0. The van der Waals surface area contributed by atoms with Gasteiger partial charge in [-0.3, -0.25) is 0 Å². The van der Waals surface area contributed by atoms with E-state index in [-0.39, 0.29) is 0 Å². The lowest BCUT2D eigenvalue weighted by Crippen LogP contribution is -2.08. The normalized spacial score (nSPS) is 10.1. The van der Waals surface area contributed by atoms with E-state index in [1.54, 1.807) is 0 Å². The van der Waals surface area contributed by atoms with Crippen molar-refractivity contribution in [2.45, 2.75) is 13.8 Å². The molecule has 0 amide bonds. The predicted molar refractivity (Wildman–Crippen MR) is 108 cm³/mol. The van der Waals surface area contributed by atoms with Gasteiger partial charge in [-0.15, -0.1) is 0 Å². The molecule has 2 heteroatoms. The minimum Gasteiger partial charge on any atom is -0.378 e. The Kier molecular flexibility index (Phi) is 5.86. The molecule has 0 spiro atoms. The zero-order chi connectivity index (χ0) is 17.7. The highest BCUT2D eigenvalue weighted by molar-refractivity contribution is 5.82. The van der Waals surface area contributed by atoms with Gasteiger partial charge in [-0.25, -0.2) is 0 Å². The Morgan fingerprint density at radius 2 is 1.00 bits per heavy atom. The summed E-state index contributed by atoms with van der Waals surface area (Å²) in [5, 5.41) is 0. The van der Waals surface area contributed by atoms with Gasteiger partial charge in [0.25, 0.3) is 0 Å². The smallest absolute Gasteiger partial charge is 0.0361 e. The zero-order valence-corrected chi connectivity index (χ0v) is 15.7. The van der Waals surface area contributed by atoms with Crippen molar-refractivity contribution in [3.8, 4) is 0 Å². The Hall–Kier alpha value is -2.48. The van der Waals surface area contributed by atoms with Gasteiger partial charge < -0.3 is 9.80 Å². The fraction of sp³-hybridized carbons (Fsp3) is 0.273. The molecule has 2 nitrogen and oxygen atoms in total. The van der Waals surface area contributed by atoms with Gasteiger partial charge >= 0.3 is 0 Å². The van der Waals surface area contributed by atoms with Crippen LogP contribution in [0.1, 0.15) is 25.0 Å². The number of anilines is 2. The van der Waals surface area contributed by atoms with Crippen molar-refractivity contribution in [3.63, 3.8) is 0 Å². The Bertz CT molecular complexity index is 660. The van der Waals surface area contributed by atoms with Crippen molar-refractivity contribution in [1.82, 2.24) is 0 Å². The first-order valence-corrected chi connectivity index (χ1v) is 8.29. The Morgan fingerprint density at radius 1 is 0.625 bits per heavy atom. The molecular weight excluding hydrogens is 292 g/mol. The average Bonchev–Trinajstić information content (AvgIpc) is 2.55. The summed E-state index contributed by atoms with van der Waals surface area (Å²) in [6.45, 7) is 4.25. The quantitative estimate of drug-likeness (QED) is 0.697. The summed E-state index contributed by atoms with van der Waals surface area (Å²) < 4.78 is 0. The monoisotopic (exact) mass is 320 g/mol. The van der Waals surface area contributed by atoms with E-state index in [2.05, 4.69) is 113 Å². The molecule has 0 N–H and O–H groups in total. The van der Waals surface area contributed by atoms with Crippen LogP contribution >= 0.6 is 0 Å².